The van der Waals surface area contributed by atoms with Crippen LogP contribution in [0.4, 0.5) is 11.4 Å². The predicted molar refractivity (Wildman–Crippen MR) is 105 cm³/mol. The van der Waals surface area contributed by atoms with Gasteiger partial charge in [0.05, 0.1) is 39.6 Å². The maximum atomic E-state index is 5.41. The largest absolute Gasteiger partial charge is 0.493 e. The van der Waals surface area contributed by atoms with Gasteiger partial charge in [0, 0.05) is 39.9 Å². The number of hydrogen-bond acceptors (Lipinski definition) is 6. The van der Waals surface area contributed by atoms with Crippen molar-refractivity contribution in [1.29, 1.82) is 0 Å². The van der Waals surface area contributed by atoms with Crippen LogP contribution in [-0.2, 0) is 0 Å². The van der Waals surface area contributed by atoms with Crippen LogP contribution in [0.2, 0.25) is 0 Å². The summed E-state index contributed by atoms with van der Waals surface area (Å²) in [6.45, 7) is 0. The standard InChI is InChI=1S/C19H19BrN2O4/c1-23-16-7-11-13(5-6-21-14(11)9-18(16)25-3)22-15-10-19(26-4)17(24-2)8-12(15)20/h5-10H,1-4H3,(H,21,22). The summed E-state index contributed by atoms with van der Waals surface area (Å²) >= 11 is 3.57. The number of aromatic nitrogens is 1. The lowest BCUT2D eigenvalue weighted by molar-refractivity contribution is 0.355. The van der Waals surface area contributed by atoms with Crippen LogP contribution in [0.15, 0.2) is 41.0 Å². The van der Waals surface area contributed by atoms with Crippen LogP contribution in [0.1, 0.15) is 0 Å². The van der Waals surface area contributed by atoms with Gasteiger partial charge in [0.1, 0.15) is 0 Å². The Kier molecular flexibility index (Phi) is 5.37. The summed E-state index contributed by atoms with van der Waals surface area (Å²) in [6.07, 6.45) is 1.74. The number of ether oxygens (including phenoxy) is 4. The summed E-state index contributed by atoms with van der Waals surface area (Å²) in [6, 6.07) is 9.38. The molecule has 6 nitrogen and oxygen atoms in total. The summed E-state index contributed by atoms with van der Waals surface area (Å²) in [7, 11) is 6.42. The highest BCUT2D eigenvalue weighted by Crippen LogP contribution is 2.40. The van der Waals surface area contributed by atoms with Crippen molar-refractivity contribution in [1.82, 2.24) is 4.98 Å². The molecule has 0 saturated carbocycles. The second-order valence-corrected chi connectivity index (χ2v) is 6.25. The minimum absolute atomic E-state index is 0.635. The summed E-state index contributed by atoms with van der Waals surface area (Å²) < 4.78 is 22.3. The highest BCUT2D eigenvalue weighted by molar-refractivity contribution is 9.10. The number of benzene rings is 2. The van der Waals surface area contributed by atoms with E-state index in [1.54, 1.807) is 34.6 Å². The van der Waals surface area contributed by atoms with Crippen molar-refractivity contribution in [3.05, 3.63) is 41.0 Å². The molecule has 0 radical (unpaired) electrons. The van der Waals surface area contributed by atoms with E-state index in [9.17, 15) is 0 Å². The van der Waals surface area contributed by atoms with Gasteiger partial charge >= 0.3 is 0 Å². The first-order chi connectivity index (χ1) is 12.6. The van der Waals surface area contributed by atoms with Crippen molar-refractivity contribution in [2.45, 2.75) is 0 Å². The van der Waals surface area contributed by atoms with Crippen molar-refractivity contribution < 1.29 is 18.9 Å². The molecule has 0 fully saturated rings. The van der Waals surface area contributed by atoms with E-state index in [-0.39, 0.29) is 0 Å². The number of halogens is 1. The van der Waals surface area contributed by atoms with Gasteiger partial charge in [-0.2, -0.15) is 0 Å². The molecule has 0 saturated heterocycles. The maximum absolute atomic E-state index is 5.41. The van der Waals surface area contributed by atoms with Crippen LogP contribution in [0, 0.1) is 0 Å². The second kappa shape index (κ2) is 7.70. The fourth-order valence-corrected chi connectivity index (χ4v) is 3.10. The maximum Gasteiger partial charge on any atom is 0.162 e. The summed E-state index contributed by atoms with van der Waals surface area (Å²) in [5.41, 5.74) is 2.51. The third kappa shape index (κ3) is 3.35. The monoisotopic (exact) mass is 418 g/mol. The van der Waals surface area contributed by atoms with Gasteiger partial charge in [-0.25, -0.2) is 0 Å². The zero-order chi connectivity index (χ0) is 18.7. The van der Waals surface area contributed by atoms with Crippen LogP contribution in [-0.4, -0.2) is 33.4 Å². The highest BCUT2D eigenvalue weighted by atomic mass is 79.9. The van der Waals surface area contributed by atoms with Crippen molar-refractivity contribution in [3.8, 4) is 23.0 Å². The fraction of sp³-hybridized carbons (Fsp3) is 0.211. The van der Waals surface area contributed by atoms with E-state index < -0.39 is 0 Å². The van der Waals surface area contributed by atoms with Gasteiger partial charge in [-0.05, 0) is 28.1 Å². The van der Waals surface area contributed by atoms with Gasteiger partial charge in [-0.3, -0.25) is 4.98 Å². The van der Waals surface area contributed by atoms with Gasteiger partial charge in [-0.1, -0.05) is 0 Å². The topological polar surface area (TPSA) is 61.8 Å². The number of rotatable bonds is 6. The van der Waals surface area contributed by atoms with Crippen LogP contribution >= 0.6 is 15.9 Å². The van der Waals surface area contributed by atoms with Crippen LogP contribution in [0.5, 0.6) is 23.0 Å². The van der Waals surface area contributed by atoms with Gasteiger partial charge in [0.2, 0.25) is 0 Å². The first kappa shape index (κ1) is 18.1. The number of hydrogen-bond donors (Lipinski definition) is 1. The van der Waals surface area contributed by atoms with E-state index in [4.69, 9.17) is 18.9 Å². The molecule has 1 heterocycles. The molecule has 1 N–H and O–H groups in total. The first-order valence-electron chi connectivity index (χ1n) is 7.80. The van der Waals surface area contributed by atoms with Crippen LogP contribution < -0.4 is 24.3 Å². The van der Waals surface area contributed by atoms with E-state index in [1.807, 2.05) is 30.3 Å². The van der Waals surface area contributed by atoms with Crippen molar-refractivity contribution in [2.75, 3.05) is 33.8 Å². The third-order valence-corrected chi connectivity index (χ3v) is 4.65. The molecule has 0 bridgehead atoms. The normalized spacial score (nSPS) is 10.5. The smallest absolute Gasteiger partial charge is 0.162 e. The molecule has 0 aliphatic carbocycles. The van der Waals surface area contributed by atoms with Crippen molar-refractivity contribution in [3.63, 3.8) is 0 Å². The predicted octanol–water partition coefficient (Wildman–Crippen LogP) is 4.78. The number of methoxy groups -OCH3 is 4. The molecule has 0 spiro atoms. The molecule has 3 rings (SSSR count). The lowest BCUT2D eigenvalue weighted by Crippen LogP contribution is -1.98. The molecule has 0 atom stereocenters. The molecule has 0 amide bonds. The SMILES string of the molecule is COc1cc(Br)c(Nc2ccnc3cc(OC)c(OC)cc23)cc1OC. The minimum atomic E-state index is 0.635. The zero-order valence-electron chi connectivity index (χ0n) is 14.9. The average molecular weight is 419 g/mol. The molecular formula is C19H19BrN2O4. The van der Waals surface area contributed by atoms with E-state index in [1.165, 1.54) is 0 Å². The summed E-state index contributed by atoms with van der Waals surface area (Å²) in [4.78, 5) is 4.42. The Morgan fingerprint density at radius 2 is 1.35 bits per heavy atom. The molecule has 2 aromatic carbocycles. The second-order valence-electron chi connectivity index (χ2n) is 5.39. The minimum Gasteiger partial charge on any atom is -0.493 e. The number of nitrogens with zero attached hydrogens (tertiary/aromatic N) is 1. The number of pyridine rings is 1. The molecule has 3 aromatic rings. The average Bonchev–Trinajstić information content (AvgIpc) is 2.68. The van der Waals surface area contributed by atoms with Crippen LogP contribution in [0.3, 0.4) is 0 Å². The Hall–Kier alpha value is -2.67. The molecule has 0 aliphatic rings. The summed E-state index contributed by atoms with van der Waals surface area (Å²) in [5, 5.41) is 4.32. The van der Waals surface area contributed by atoms with E-state index in [0.29, 0.717) is 23.0 Å². The first-order valence-corrected chi connectivity index (χ1v) is 8.59. The summed E-state index contributed by atoms with van der Waals surface area (Å²) in [5.74, 6) is 2.56. The lowest BCUT2D eigenvalue weighted by atomic mass is 10.1. The zero-order valence-corrected chi connectivity index (χ0v) is 16.5. The molecule has 136 valence electrons. The van der Waals surface area contributed by atoms with Gasteiger partial charge < -0.3 is 24.3 Å². The van der Waals surface area contributed by atoms with E-state index in [0.717, 1.165) is 26.8 Å². The lowest BCUT2D eigenvalue weighted by Gasteiger charge is -2.15. The Morgan fingerprint density at radius 3 is 2.00 bits per heavy atom. The Morgan fingerprint density at radius 1 is 0.769 bits per heavy atom. The molecule has 1 aromatic heterocycles. The number of fused-ring (bicyclic) bond motifs is 1. The van der Waals surface area contributed by atoms with Gasteiger partial charge in [0.25, 0.3) is 0 Å². The number of nitrogens with one attached hydrogen (secondary N) is 1. The Labute approximate surface area is 160 Å². The number of anilines is 2. The Balaban J connectivity index is 2.09. The third-order valence-electron chi connectivity index (χ3n) is 3.99. The van der Waals surface area contributed by atoms with E-state index >= 15 is 0 Å². The fourth-order valence-electron chi connectivity index (χ4n) is 2.68. The molecule has 0 unspecified atom stereocenters. The van der Waals surface area contributed by atoms with E-state index in [2.05, 4.69) is 26.2 Å². The Bertz CT molecular complexity index is 946. The molecule has 26 heavy (non-hydrogen) atoms. The highest BCUT2D eigenvalue weighted by Gasteiger charge is 2.13. The van der Waals surface area contributed by atoms with Gasteiger partial charge in [0.15, 0.2) is 23.0 Å². The van der Waals surface area contributed by atoms with Crippen molar-refractivity contribution >= 4 is 38.2 Å². The molecule has 0 aliphatic heterocycles. The molecule has 7 heteroatoms. The van der Waals surface area contributed by atoms with Crippen LogP contribution in [0.25, 0.3) is 10.9 Å². The quantitative estimate of drug-likeness (QED) is 0.621. The van der Waals surface area contributed by atoms with Crippen molar-refractivity contribution in [2.24, 2.45) is 0 Å². The van der Waals surface area contributed by atoms with Gasteiger partial charge in [-0.15, -0.1) is 0 Å². The molecular weight excluding hydrogens is 400 g/mol.